The molecule has 0 radical (unpaired) electrons. The molecule has 2 aromatic rings. The van der Waals surface area contributed by atoms with Crippen LogP contribution in [0.15, 0.2) is 23.1 Å². The molecule has 4 nitrogen and oxygen atoms in total. The SMILES string of the molecule is Cc1cc(F)c(-n2nc(OC(F)(F)C(F)OC(F)(F)F)cc2C(F)F)cc1SCC(F)(F)F. The van der Waals surface area contributed by atoms with E-state index in [1.165, 1.54) is 6.92 Å². The van der Waals surface area contributed by atoms with Crippen molar-refractivity contribution < 1.29 is 62.2 Å². The van der Waals surface area contributed by atoms with Gasteiger partial charge in [-0.05, 0) is 24.6 Å². The first-order chi connectivity index (χ1) is 14.9. The van der Waals surface area contributed by atoms with Crippen LogP contribution < -0.4 is 4.74 Å². The van der Waals surface area contributed by atoms with Crippen molar-refractivity contribution in [3.8, 4) is 11.6 Å². The zero-order chi connectivity index (χ0) is 25.4. The fourth-order valence-corrected chi connectivity index (χ4v) is 3.06. The molecule has 1 aromatic carbocycles. The number of hydrogen-bond acceptors (Lipinski definition) is 4. The van der Waals surface area contributed by atoms with Gasteiger partial charge in [0.1, 0.15) is 17.2 Å². The Kier molecular flexibility index (Phi) is 7.77. The molecule has 0 saturated carbocycles. The third-order valence-corrected chi connectivity index (χ3v) is 4.77. The molecule has 2 rings (SSSR count). The van der Waals surface area contributed by atoms with Crippen LogP contribution >= 0.6 is 11.8 Å². The highest BCUT2D eigenvalue weighted by Gasteiger charge is 2.51. The van der Waals surface area contributed by atoms with Crippen LogP contribution in [0.4, 0.5) is 52.7 Å². The van der Waals surface area contributed by atoms with E-state index in [4.69, 9.17) is 0 Å². The number of aryl methyl sites for hydroxylation is 1. The smallest absolute Gasteiger partial charge is 0.409 e. The van der Waals surface area contributed by atoms with Crippen molar-refractivity contribution in [2.45, 2.75) is 43.2 Å². The summed E-state index contributed by atoms with van der Waals surface area (Å²) < 4.78 is 161. The average molecular weight is 522 g/mol. The van der Waals surface area contributed by atoms with Gasteiger partial charge >= 0.3 is 25.0 Å². The molecule has 33 heavy (non-hydrogen) atoms. The number of rotatable bonds is 8. The second kappa shape index (κ2) is 9.52. The van der Waals surface area contributed by atoms with Crippen LogP contribution in [0.1, 0.15) is 17.7 Å². The highest BCUT2D eigenvalue weighted by atomic mass is 32.2. The van der Waals surface area contributed by atoms with Gasteiger partial charge in [0.25, 0.3) is 6.43 Å². The number of nitrogens with zero attached hydrogens (tertiary/aromatic N) is 2. The van der Waals surface area contributed by atoms with Gasteiger partial charge in [0.15, 0.2) is 0 Å². The summed E-state index contributed by atoms with van der Waals surface area (Å²) in [6.07, 6.45) is -23.8. The summed E-state index contributed by atoms with van der Waals surface area (Å²) in [4.78, 5) is -0.227. The van der Waals surface area contributed by atoms with Gasteiger partial charge in [0.2, 0.25) is 5.88 Å². The van der Waals surface area contributed by atoms with Crippen molar-refractivity contribution in [3.05, 3.63) is 35.3 Å². The Balaban J connectivity index is 2.44. The van der Waals surface area contributed by atoms with Crippen LogP contribution in [-0.2, 0) is 4.74 Å². The lowest BCUT2D eigenvalue weighted by Crippen LogP contribution is -2.41. The number of aromatic nitrogens is 2. The summed E-state index contributed by atoms with van der Waals surface area (Å²) in [5, 5.41) is 3.07. The van der Waals surface area contributed by atoms with Crippen molar-refractivity contribution in [1.82, 2.24) is 9.78 Å². The van der Waals surface area contributed by atoms with Crippen molar-refractivity contribution in [2.24, 2.45) is 0 Å². The lowest BCUT2D eigenvalue weighted by Gasteiger charge is -2.20. The normalized spacial score (nSPS) is 14.1. The lowest BCUT2D eigenvalue weighted by atomic mass is 10.2. The predicted octanol–water partition coefficient (Wildman–Crippen LogP) is 6.72. The fraction of sp³-hybridized carbons (Fsp3) is 0.438. The Labute approximate surface area is 180 Å². The summed E-state index contributed by atoms with van der Waals surface area (Å²) in [6.45, 7) is 1.21. The summed E-state index contributed by atoms with van der Waals surface area (Å²) in [7, 11) is 0. The molecule has 0 amide bonds. The lowest BCUT2D eigenvalue weighted by molar-refractivity contribution is -0.411. The van der Waals surface area contributed by atoms with Gasteiger partial charge in [-0.15, -0.1) is 30.0 Å². The van der Waals surface area contributed by atoms with E-state index in [0.29, 0.717) is 12.1 Å². The number of ether oxygens (including phenoxy) is 2. The molecular weight excluding hydrogens is 512 g/mol. The Bertz CT molecular complexity index is 974. The van der Waals surface area contributed by atoms with Gasteiger partial charge < -0.3 is 4.74 Å². The summed E-state index contributed by atoms with van der Waals surface area (Å²) >= 11 is 0.168. The maximum atomic E-state index is 14.4. The largest absolute Gasteiger partial charge is 0.525 e. The highest BCUT2D eigenvalue weighted by molar-refractivity contribution is 7.99. The Hall–Kier alpha value is -2.30. The molecule has 0 fully saturated rings. The molecule has 17 heteroatoms. The van der Waals surface area contributed by atoms with Crippen LogP contribution in [0.5, 0.6) is 5.88 Å². The topological polar surface area (TPSA) is 36.3 Å². The van der Waals surface area contributed by atoms with Gasteiger partial charge in [0.05, 0.1) is 5.75 Å². The van der Waals surface area contributed by atoms with E-state index in [0.717, 1.165) is 0 Å². The molecule has 0 aliphatic heterocycles. The Morgan fingerprint density at radius 1 is 1.00 bits per heavy atom. The molecule has 0 N–H and O–H groups in total. The number of alkyl halides is 11. The number of thioether (sulfide) groups is 1. The van der Waals surface area contributed by atoms with Gasteiger partial charge in [0, 0.05) is 11.0 Å². The second-order valence-electron chi connectivity index (χ2n) is 6.14. The van der Waals surface area contributed by atoms with E-state index >= 15 is 0 Å². The van der Waals surface area contributed by atoms with Crippen molar-refractivity contribution >= 4 is 11.8 Å². The number of halogens is 12. The number of hydrogen-bond donors (Lipinski definition) is 0. The maximum Gasteiger partial charge on any atom is 0.525 e. The zero-order valence-corrected chi connectivity index (χ0v) is 16.6. The minimum atomic E-state index is -5.84. The van der Waals surface area contributed by atoms with E-state index in [2.05, 4.69) is 14.6 Å². The van der Waals surface area contributed by atoms with E-state index in [1.54, 1.807) is 0 Å². The van der Waals surface area contributed by atoms with Gasteiger partial charge in [-0.25, -0.2) is 27.0 Å². The molecule has 1 unspecified atom stereocenters. The van der Waals surface area contributed by atoms with Crippen LogP contribution in [0.3, 0.4) is 0 Å². The summed E-state index contributed by atoms with van der Waals surface area (Å²) in [5.41, 5.74) is -2.27. The zero-order valence-electron chi connectivity index (χ0n) is 15.7. The van der Waals surface area contributed by atoms with E-state index in [-0.39, 0.29) is 33.0 Å². The fourth-order valence-electron chi connectivity index (χ4n) is 2.26. The molecule has 0 spiro atoms. The van der Waals surface area contributed by atoms with Crippen LogP contribution in [0.25, 0.3) is 5.69 Å². The highest BCUT2D eigenvalue weighted by Crippen LogP contribution is 2.36. The first-order valence-corrected chi connectivity index (χ1v) is 9.22. The second-order valence-corrected chi connectivity index (χ2v) is 7.15. The van der Waals surface area contributed by atoms with Crippen LogP contribution in [0.2, 0.25) is 0 Å². The van der Waals surface area contributed by atoms with Gasteiger partial charge in [-0.2, -0.15) is 22.0 Å². The molecule has 186 valence electrons. The Morgan fingerprint density at radius 3 is 2.12 bits per heavy atom. The molecule has 0 saturated heterocycles. The molecule has 1 aromatic heterocycles. The number of benzene rings is 1. The first-order valence-electron chi connectivity index (χ1n) is 8.23. The van der Waals surface area contributed by atoms with Crippen molar-refractivity contribution in [1.29, 1.82) is 0 Å². The quantitative estimate of drug-likeness (QED) is 0.285. The standard InChI is InChI=1S/C16H10F12N2O2S/c1-6-2-7(17)8(3-10(6)33-5-14(21,22)23)30-9(12(18)19)4-11(29-30)31-15(24,25)13(20)32-16(26,27)28/h2-4,12-13H,5H2,1H3. The van der Waals surface area contributed by atoms with Crippen LogP contribution in [-0.4, -0.2) is 40.5 Å². The van der Waals surface area contributed by atoms with Crippen molar-refractivity contribution in [2.75, 3.05) is 5.75 Å². The average Bonchev–Trinajstić information content (AvgIpc) is 3.01. The van der Waals surface area contributed by atoms with Gasteiger partial charge in [-0.1, -0.05) is 0 Å². The summed E-state index contributed by atoms with van der Waals surface area (Å²) in [6, 6.07) is 1.39. The van der Waals surface area contributed by atoms with Gasteiger partial charge in [-0.3, -0.25) is 0 Å². The molecule has 0 aliphatic rings. The molecular formula is C16H10F12N2O2S. The minimum Gasteiger partial charge on any atom is -0.409 e. The first kappa shape index (κ1) is 26.9. The Morgan fingerprint density at radius 2 is 1.61 bits per heavy atom. The third kappa shape index (κ3) is 7.35. The predicted molar refractivity (Wildman–Crippen MR) is 87.6 cm³/mol. The molecule has 1 heterocycles. The molecule has 1 atom stereocenters. The monoisotopic (exact) mass is 522 g/mol. The third-order valence-electron chi connectivity index (χ3n) is 3.54. The maximum absolute atomic E-state index is 14.4. The van der Waals surface area contributed by atoms with Crippen LogP contribution in [0, 0.1) is 12.7 Å². The van der Waals surface area contributed by atoms with E-state index in [9.17, 15) is 52.7 Å². The van der Waals surface area contributed by atoms with E-state index < -0.39 is 60.3 Å². The molecule has 0 aliphatic carbocycles. The van der Waals surface area contributed by atoms with Crippen molar-refractivity contribution in [3.63, 3.8) is 0 Å². The summed E-state index contributed by atoms with van der Waals surface area (Å²) in [5.74, 6) is -4.29. The van der Waals surface area contributed by atoms with E-state index in [1.807, 2.05) is 0 Å². The minimum absolute atomic E-state index is 0.0135. The molecule has 0 bridgehead atoms.